The molecular weight excluding hydrogens is 724 g/mol. The topological polar surface area (TPSA) is 134 Å². The third-order valence-electron chi connectivity index (χ3n) is 6.92. The molecule has 2 atom stereocenters. The van der Waals surface area contributed by atoms with Crippen LogP contribution in [0.5, 0.6) is 23.0 Å². The summed E-state index contributed by atoms with van der Waals surface area (Å²) in [5.41, 5.74) is -2.80. The summed E-state index contributed by atoms with van der Waals surface area (Å²) in [7, 11) is -5.19. The van der Waals surface area contributed by atoms with Crippen molar-refractivity contribution in [2.24, 2.45) is 0 Å². The van der Waals surface area contributed by atoms with E-state index in [1.807, 2.05) is 0 Å². The van der Waals surface area contributed by atoms with Crippen LogP contribution < -0.4 is 9.47 Å². The summed E-state index contributed by atoms with van der Waals surface area (Å²) >= 11 is 0. The zero-order valence-corrected chi connectivity index (χ0v) is 26.0. The van der Waals surface area contributed by atoms with Gasteiger partial charge in [-0.1, -0.05) is 0 Å². The fourth-order valence-corrected chi connectivity index (χ4v) is 7.55. The van der Waals surface area contributed by atoms with Crippen molar-refractivity contribution in [3.05, 3.63) is 106 Å². The van der Waals surface area contributed by atoms with Crippen molar-refractivity contribution >= 4 is 33.2 Å². The Morgan fingerprint density at radius 3 is 1.62 bits per heavy atom. The van der Waals surface area contributed by atoms with Gasteiger partial charge in [-0.3, -0.25) is 13.8 Å². The minimum atomic E-state index is -4.32. The summed E-state index contributed by atoms with van der Waals surface area (Å²) in [6, 6.07) is 13.2. The van der Waals surface area contributed by atoms with E-state index in [0.29, 0.717) is 0 Å². The van der Waals surface area contributed by atoms with E-state index in [0.717, 1.165) is 48.5 Å². The average molecular weight is 739 g/mol. The first-order valence-corrected chi connectivity index (χ1v) is 16.0. The number of Topliss-reactive ketones (excluding diaryl/α,β-unsaturated/α-hetero) is 2. The second kappa shape index (κ2) is 13.8. The Hall–Kier alpha value is -5.46. The van der Waals surface area contributed by atoms with Crippen LogP contribution in [0.1, 0.15) is 55.8 Å². The van der Waals surface area contributed by atoms with E-state index in [2.05, 4.69) is 0 Å². The van der Waals surface area contributed by atoms with Gasteiger partial charge < -0.3 is 9.47 Å². The fourth-order valence-electron chi connectivity index (χ4n) is 4.86. The summed E-state index contributed by atoms with van der Waals surface area (Å²) in [5.74, 6) is -5.79. The lowest BCUT2D eigenvalue weighted by atomic mass is 10.1. The first kappa shape index (κ1) is 35.8. The molecule has 6 rings (SSSR count). The SMILES string of the molecule is N#Cc1cc(F)cc(Oc2ccc3c(c2C(F)F)S(=O)C(F)(F)C3=O)c1.N#Cc1cc(F)cc(Oc2ccc3c(c2C(F)F)S(=O)CC3=O)c1. The normalized spacial score (nSPS) is 17.0. The number of nitriles is 2. The molecular formula is C32H14F8N2O6S2. The molecule has 0 amide bonds. The van der Waals surface area contributed by atoms with Crippen molar-refractivity contribution in [3.63, 3.8) is 0 Å². The minimum Gasteiger partial charge on any atom is -0.457 e. The van der Waals surface area contributed by atoms with Crippen LogP contribution in [-0.4, -0.2) is 31.0 Å². The van der Waals surface area contributed by atoms with Crippen molar-refractivity contribution in [1.82, 2.24) is 0 Å². The number of nitrogens with zero attached hydrogens (tertiary/aromatic N) is 2. The van der Waals surface area contributed by atoms with E-state index in [1.54, 1.807) is 12.1 Å². The van der Waals surface area contributed by atoms with Gasteiger partial charge >= 0.3 is 5.25 Å². The summed E-state index contributed by atoms with van der Waals surface area (Å²) in [6.45, 7) is 0. The van der Waals surface area contributed by atoms with Crippen LogP contribution in [0.2, 0.25) is 0 Å². The maximum absolute atomic E-state index is 13.7. The lowest BCUT2D eigenvalue weighted by Gasteiger charge is -2.14. The van der Waals surface area contributed by atoms with Gasteiger partial charge in [-0.2, -0.15) is 19.3 Å². The molecule has 2 unspecified atom stereocenters. The zero-order valence-electron chi connectivity index (χ0n) is 24.3. The molecule has 0 bridgehead atoms. The molecule has 2 heterocycles. The maximum atomic E-state index is 13.7. The predicted molar refractivity (Wildman–Crippen MR) is 156 cm³/mol. The quantitative estimate of drug-likeness (QED) is 0.182. The first-order chi connectivity index (χ1) is 23.6. The zero-order chi connectivity index (χ0) is 36.7. The number of rotatable bonds is 6. The van der Waals surface area contributed by atoms with Gasteiger partial charge in [-0.25, -0.2) is 30.6 Å². The summed E-state index contributed by atoms with van der Waals surface area (Å²) in [5, 5.41) is 13.3. The average Bonchev–Trinajstić information content (AvgIpc) is 3.43. The Bertz CT molecular complexity index is 2230. The highest BCUT2D eigenvalue weighted by Crippen LogP contribution is 2.47. The molecule has 2 aliphatic heterocycles. The third-order valence-corrected chi connectivity index (χ3v) is 9.80. The lowest BCUT2D eigenvalue weighted by molar-refractivity contribution is 0.0566. The van der Waals surface area contributed by atoms with Crippen LogP contribution in [0.25, 0.3) is 0 Å². The van der Waals surface area contributed by atoms with E-state index in [1.165, 1.54) is 12.1 Å². The van der Waals surface area contributed by atoms with Crippen LogP contribution in [0, 0.1) is 34.3 Å². The van der Waals surface area contributed by atoms with Gasteiger partial charge in [0.15, 0.2) is 5.78 Å². The van der Waals surface area contributed by atoms with Crippen LogP contribution in [0.15, 0.2) is 70.5 Å². The predicted octanol–water partition coefficient (Wildman–Crippen LogP) is 8.06. The molecule has 0 aromatic heterocycles. The Morgan fingerprint density at radius 2 is 1.16 bits per heavy atom. The molecule has 0 fully saturated rings. The number of hydrogen-bond acceptors (Lipinski definition) is 8. The maximum Gasteiger partial charge on any atom is 0.387 e. The lowest BCUT2D eigenvalue weighted by Crippen LogP contribution is -2.26. The second-order valence-corrected chi connectivity index (χ2v) is 13.0. The highest BCUT2D eigenvalue weighted by atomic mass is 32.2. The van der Waals surface area contributed by atoms with Gasteiger partial charge in [0, 0.05) is 23.3 Å². The fraction of sp³-hybridized carbons (Fsp3) is 0.125. The monoisotopic (exact) mass is 738 g/mol. The number of alkyl halides is 6. The molecule has 2 aliphatic rings. The number of ether oxygens (including phenoxy) is 2. The molecule has 18 heteroatoms. The number of hydrogen-bond donors (Lipinski definition) is 0. The molecule has 0 aliphatic carbocycles. The van der Waals surface area contributed by atoms with E-state index >= 15 is 0 Å². The molecule has 4 aromatic carbocycles. The van der Waals surface area contributed by atoms with E-state index in [9.17, 15) is 53.1 Å². The molecule has 256 valence electrons. The molecule has 8 nitrogen and oxygen atoms in total. The largest absolute Gasteiger partial charge is 0.457 e. The Balaban J connectivity index is 0.000000195. The highest BCUT2D eigenvalue weighted by molar-refractivity contribution is 7.87. The smallest absolute Gasteiger partial charge is 0.387 e. The molecule has 0 N–H and O–H groups in total. The van der Waals surface area contributed by atoms with Crippen LogP contribution >= 0.6 is 0 Å². The van der Waals surface area contributed by atoms with Gasteiger partial charge in [0.05, 0.1) is 60.7 Å². The molecule has 0 saturated heterocycles. The standard InChI is InChI=1S/C16H6F5NO3S.C16H8F3NO3S/c17-8-3-7(6-22)4-9(5-8)25-11-2-1-10-13(12(11)15(18)19)26(24)16(20,21)14(10)23;17-9-3-8(6-20)4-10(5-9)23-13-2-1-11-12(21)7-24(22)15(11)14(13)16(18)19/h1-5,15H;1-5,16H,7H2. The Morgan fingerprint density at radius 1 is 0.700 bits per heavy atom. The summed E-state index contributed by atoms with van der Waals surface area (Å²) < 4.78 is 142. The van der Waals surface area contributed by atoms with E-state index < -0.39 is 90.2 Å². The first-order valence-electron chi connectivity index (χ1n) is 13.5. The highest BCUT2D eigenvalue weighted by Gasteiger charge is 2.56. The Kier molecular flexibility index (Phi) is 9.90. The van der Waals surface area contributed by atoms with Gasteiger partial charge in [0.1, 0.15) is 45.4 Å². The summed E-state index contributed by atoms with van der Waals surface area (Å²) in [6.07, 6.45) is -6.43. The van der Waals surface area contributed by atoms with Gasteiger partial charge in [-0.15, -0.1) is 0 Å². The number of benzene rings is 4. The van der Waals surface area contributed by atoms with Crippen molar-refractivity contribution in [3.8, 4) is 35.1 Å². The molecule has 50 heavy (non-hydrogen) atoms. The van der Waals surface area contributed by atoms with Gasteiger partial charge in [0.25, 0.3) is 12.9 Å². The van der Waals surface area contributed by atoms with E-state index in [-0.39, 0.29) is 44.6 Å². The minimum absolute atomic E-state index is 0.0204. The molecule has 4 aromatic rings. The van der Waals surface area contributed by atoms with Crippen molar-refractivity contribution in [1.29, 1.82) is 10.5 Å². The molecule has 0 radical (unpaired) electrons. The number of fused-ring (bicyclic) bond motifs is 2. The number of carbonyl (C=O) groups excluding carboxylic acids is 2. The van der Waals surface area contributed by atoms with Crippen LogP contribution in [0.4, 0.5) is 35.1 Å². The van der Waals surface area contributed by atoms with Crippen molar-refractivity contribution < 1.29 is 62.6 Å². The van der Waals surface area contributed by atoms with Crippen molar-refractivity contribution in [2.75, 3.05) is 5.75 Å². The van der Waals surface area contributed by atoms with Crippen molar-refractivity contribution in [2.45, 2.75) is 27.9 Å². The number of halogens is 8. The Labute approximate surface area is 280 Å². The summed E-state index contributed by atoms with van der Waals surface area (Å²) in [4.78, 5) is 22.0. The van der Waals surface area contributed by atoms with E-state index in [4.69, 9.17) is 20.0 Å². The van der Waals surface area contributed by atoms with Gasteiger partial charge in [0.2, 0.25) is 5.78 Å². The van der Waals surface area contributed by atoms with Crippen LogP contribution in [0.3, 0.4) is 0 Å². The van der Waals surface area contributed by atoms with Gasteiger partial charge in [-0.05, 0) is 48.5 Å². The third kappa shape index (κ3) is 6.72. The number of ketones is 2. The van der Waals surface area contributed by atoms with Crippen LogP contribution in [-0.2, 0) is 21.6 Å². The molecule has 0 saturated carbocycles. The number of carbonyl (C=O) groups is 2. The second-order valence-electron chi connectivity index (χ2n) is 10.1. The molecule has 0 spiro atoms.